The molecule has 0 aromatic heterocycles. The molecule has 0 amide bonds. The number of nitrogens with zero attached hydrogens (tertiary/aromatic N) is 1. The van der Waals surface area contributed by atoms with Crippen molar-refractivity contribution in [1.82, 2.24) is 0 Å². The van der Waals surface area contributed by atoms with E-state index in [1.165, 1.54) is 16.8 Å². The molecule has 1 nitrogen and oxygen atoms in total. The van der Waals surface area contributed by atoms with Crippen LogP contribution in [0.2, 0.25) is 0 Å². The van der Waals surface area contributed by atoms with Crippen molar-refractivity contribution < 1.29 is 0 Å². The van der Waals surface area contributed by atoms with Crippen molar-refractivity contribution in [2.45, 2.75) is 46.6 Å². The zero-order valence-corrected chi connectivity index (χ0v) is 10.7. The van der Waals surface area contributed by atoms with E-state index in [0.717, 1.165) is 12.8 Å². The molecule has 1 aromatic carbocycles. The maximum absolute atomic E-state index is 2.35. The van der Waals surface area contributed by atoms with Gasteiger partial charge in [0.2, 0.25) is 0 Å². The summed E-state index contributed by atoms with van der Waals surface area (Å²) < 4.78 is 0. The van der Waals surface area contributed by atoms with Crippen molar-refractivity contribution in [2.24, 2.45) is 0 Å². The molecule has 0 aliphatic carbocycles. The lowest BCUT2D eigenvalue weighted by Gasteiger charge is -2.26. The largest absolute Gasteiger partial charge is 0.372 e. The third-order valence-electron chi connectivity index (χ3n) is 3.09. The minimum Gasteiger partial charge on any atom is -0.372 e. The van der Waals surface area contributed by atoms with Crippen molar-refractivity contribution in [2.75, 3.05) is 11.9 Å². The Hall–Kier alpha value is -0.980. The van der Waals surface area contributed by atoms with Gasteiger partial charge in [0.1, 0.15) is 0 Å². The van der Waals surface area contributed by atoms with Gasteiger partial charge in [-0.2, -0.15) is 0 Å². The molecule has 0 N–H and O–H groups in total. The van der Waals surface area contributed by atoms with E-state index in [0.29, 0.717) is 6.04 Å². The zero-order chi connectivity index (χ0) is 11.4. The monoisotopic (exact) mass is 205 g/mol. The molecule has 0 fully saturated rings. The summed E-state index contributed by atoms with van der Waals surface area (Å²) >= 11 is 0. The van der Waals surface area contributed by atoms with E-state index in [4.69, 9.17) is 0 Å². The Morgan fingerprint density at radius 2 is 1.80 bits per heavy atom. The highest BCUT2D eigenvalue weighted by Gasteiger charge is 2.09. The molecule has 0 radical (unpaired) electrons. The highest BCUT2D eigenvalue weighted by Crippen LogP contribution is 2.23. The molecule has 0 unspecified atom stereocenters. The lowest BCUT2D eigenvalue weighted by molar-refractivity contribution is 0.749. The second-order valence-electron chi connectivity index (χ2n) is 4.37. The molecule has 0 atom stereocenters. The van der Waals surface area contributed by atoms with Crippen LogP contribution in [0.15, 0.2) is 18.2 Å². The van der Waals surface area contributed by atoms with E-state index in [2.05, 4.69) is 57.8 Å². The fourth-order valence-corrected chi connectivity index (χ4v) is 1.76. The summed E-state index contributed by atoms with van der Waals surface area (Å²) in [7, 11) is 2.17. The number of aryl methyl sites for hydroxylation is 2. The Labute approximate surface area is 94.1 Å². The van der Waals surface area contributed by atoms with Crippen LogP contribution < -0.4 is 4.90 Å². The maximum Gasteiger partial charge on any atom is 0.0398 e. The van der Waals surface area contributed by atoms with E-state index >= 15 is 0 Å². The van der Waals surface area contributed by atoms with Crippen LogP contribution >= 0.6 is 0 Å². The van der Waals surface area contributed by atoms with Crippen molar-refractivity contribution in [3.05, 3.63) is 29.3 Å². The Morgan fingerprint density at radius 1 is 1.13 bits per heavy atom. The van der Waals surface area contributed by atoms with E-state index in [1.807, 2.05) is 0 Å². The van der Waals surface area contributed by atoms with E-state index in [9.17, 15) is 0 Å². The average molecular weight is 205 g/mol. The zero-order valence-electron chi connectivity index (χ0n) is 10.7. The van der Waals surface area contributed by atoms with Crippen LogP contribution in [0.4, 0.5) is 5.69 Å². The Bertz CT molecular complexity index is 315. The van der Waals surface area contributed by atoms with E-state index in [-0.39, 0.29) is 0 Å². The molecule has 0 saturated carbocycles. The second kappa shape index (κ2) is 5.20. The van der Waals surface area contributed by atoms with Crippen molar-refractivity contribution in [3.8, 4) is 0 Å². The van der Waals surface area contributed by atoms with Gasteiger partial charge in [0.15, 0.2) is 0 Å². The standard InChI is InChI=1S/C14H23N/c1-6-12-8-9-14(13(7-2)10-12)15(5)11(3)4/h8-11H,6-7H2,1-5H3. The van der Waals surface area contributed by atoms with Gasteiger partial charge < -0.3 is 4.90 Å². The van der Waals surface area contributed by atoms with Gasteiger partial charge in [-0.05, 0) is 43.9 Å². The number of anilines is 1. The Balaban J connectivity index is 3.07. The van der Waals surface area contributed by atoms with Gasteiger partial charge in [0, 0.05) is 18.8 Å². The maximum atomic E-state index is 2.35. The van der Waals surface area contributed by atoms with Gasteiger partial charge in [0.05, 0.1) is 0 Å². The lowest BCUT2D eigenvalue weighted by atomic mass is 10.0. The van der Waals surface area contributed by atoms with E-state index < -0.39 is 0 Å². The van der Waals surface area contributed by atoms with Crippen molar-refractivity contribution in [3.63, 3.8) is 0 Å². The topological polar surface area (TPSA) is 3.24 Å². The Morgan fingerprint density at radius 3 is 2.27 bits per heavy atom. The van der Waals surface area contributed by atoms with E-state index in [1.54, 1.807) is 0 Å². The predicted octanol–water partition coefficient (Wildman–Crippen LogP) is 3.66. The van der Waals surface area contributed by atoms with Gasteiger partial charge in [-0.3, -0.25) is 0 Å². The number of hydrogen-bond donors (Lipinski definition) is 0. The van der Waals surface area contributed by atoms with Crippen LogP contribution in [0.5, 0.6) is 0 Å². The fourth-order valence-electron chi connectivity index (χ4n) is 1.76. The lowest BCUT2D eigenvalue weighted by Crippen LogP contribution is -2.26. The Kier molecular flexibility index (Phi) is 4.19. The van der Waals surface area contributed by atoms with Gasteiger partial charge in [-0.15, -0.1) is 0 Å². The summed E-state index contributed by atoms with van der Waals surface area (Å²) in [6, 6.07) is 7.40. The third kappa shape index (κ3) is 2.74. The van der Waals surface area contributed by atoms with Gasteiger partial charge in [-0.25, -0.2) is 0 Å². The van der Waals surface area contributed by atoms with Gasteiger partial charge in [0.25, 0.3) is 0 Å². The number of benzene rings is 1. The van der Waals surface area contributed by atoms with Crippen molar-refractivity contribution in [1.29, 1.82) is 0 Å². The van der Waals surface area contributed by atoms with Gasteiger partial charge >= 0.3 is 0 Å². The molecular formula is C14H23N. The minimum absolute atomic E-state index is 0.558. The molecule has 0 aliphatic heterocycles. The SMILES string of the molecule is CCc1ccc(N(C)C(C)C)c(CC)c1. The summed E-state index contributed by atoms with van der Waals surface area (Å²) in [6.45, 7) is 8.90. The van der Waals surface area contributed by atoms with Gasteiger partial charge in [-0.1, -0.05) is 26.0 Å². The molecule has 1 aromatic rings. The molecule has 0 saturated heterocycles. The molecule has 0 heterocycles. The van der Waals surface area contributed by atoms with Crippen LogP contribution in [-0.4, -0.2) is 13.1 Å². The molecule has 1 heteroatoms. The van der Waals surface area contributed by atoms with Crippen LogP contribution in [-0.2, 0) is 12.8 Å². The molecule has 84 valence electrons. The van der Waals surface area contributed by atoms with Crippen LogP contribution in [0.3, 0.4) is 0 Å². The molecule has 15 heavy (non-hydrogen) atoms. The highest BCUT2D eigenvalue weighted by molar-refractivity contribution is 5.55. The minimum atomic E-state index is 0.558. The average Bonchev–Trinajstić information content (AvgIpc) is 2.27. The fraction of sp³-hybridized carbons (Fsp3) is 0.571. The first-order valence-corrected chi connectivity index (χ1v) is 5.94. The van der Waals surface area contributed by atoms with Crippen LogP contribution in [0.1, 0.15) is 38.8 Å². The molecule has 1 rings (SSSR count). The quantitative estimate of drug-likeness (QED) is 0.725. The molecule has 0 spiro atoms. The summed E-state index contributed by atoms with van der Waals surface area (Å²) in [5, 5.41) is 0. The molecular weight excluding hydrogens is 182 g/mol. The van der Waals surface area contributed by atoms with Crippen molar-refractivity contribution >= 4 is 5.69 Å². The highest BCUT2D eigenvalue weighted by atomic mass is 15.1. The third-order valence-corrected chi connectivity index (χ3v) is 3.09. The summed E-state index contributed by atoms with van der Waals surface area (Å²) in [4.78, 5) is 2.35. The van der Waals surface area contributed by atoms with Crippen LogP contribution in [0.25, 0.3) is 0 Å². The first kappa shape index (κ1) is 12.1. The molecule has 0 bridgehead atoms. The summed E-state index contributed by atoms with van der Waals surface area (Å²) in [5.74, 6) is 0. The first-order valence-electron chi connectivity index (χ1n) is 5.94. The molecule has 0 aliphatic rings. The predicted molar refractivity (Wildman–Crippen MR) is 68.7 cm³/mol. The van der Waals surface area contributed by atoms with Crippen LogP contribution in [0, 0.1) is 0 Å². The second-order valence-corrected chi connectivity index (χ2v) is 4.37. The number of hydrogen-bond acceptors (Lipinski definition) is 1. The smallest absolute Gasteiger partial charge is 0.0398 e. The number of rotatable bonds is 4. The summed E-state index contributed by atoms with van der Waals surface area (Å²) in [5.41, 5.74) is 4.28. The first-order chi connectivity index (χ1) is 7.10. The normalized spacial score (nSPS) is 10.8. The summed E-state index contributed by atoms with van der Waals surface area (Å²) in [6.07, 6.45) is 2.24.